The molecule has 4 nitrogen and oxygen atoms in total. The topological polar surface area (TPSA) is 41.6 Å². The average molecular weight is 310 g/mol. The second-order valence-corrected chi connectivity index (χ2v) is 7.97. The quantitative estimate of drug-likeness (QED) is 0.724. The molecule has 2 saturated carbocycles. The Morgan fingerprint density at radius 2 is 1.82 bits per heavy atom. The molecular weight excluding hydrogens is 276 g/mol. The van der Waals surface area contributed by atoms with Gasteiger partial charge in [0.05, 0.1) is 0 Å². The molecule has 128 valence electrons. The summed E-state index contributed by atoms with van der Waals surface area (Å²) >= 11 is 0. The summed E-state index contributed by atoms with van der Waals surface area (Å²) < 4.78 is 5.52. The number of carbonyl (C=O) groups is 1. The van der Waals surface area contributed by atoms with Crippen LogP contribution < -0.4 is 5.32 Å². The van der Waals surface area contributed by atoms with Crippen LogP contribution in [0.2, 0.25) is 0 Å². The molecular formula is C18H34N2O2. The fourth-order valence-corrected chi connectivity index (χ4v) is 3.20. The number of amides is 1. The van der Waals surface area contributed by atoms with Crippen LogP contribution in [0, 0.1) is 5.92 Å². The molecule has 0 bridgehead atoms. The lowest BCUT2D eigenvalue weighted by molar-refractivity contribution is 0.0232. The maximum atomic E-state index is 12.2. The fraction of sp³-hybridized carbons (Fsp3) is 0.944. The van der Waals surface area contributed by atoms with Crippen LogP contribution in [-0.4, -0.2) is 42.3 Å². The van der Waals surface area contributed by atoms with Crippen molar-refractivity contribution < 1.29 is 9.53 Å². The number of nitrogens with one attached hydrogen (secondary N) is 1. The lowest BCUT2D eigenvalue weighted by Crippen LogP contribution is -2.39. The van der Waals surface area contributed by atoms with Gasteiger partial charge in [-0.1, -0.05) is 19.3 Å². The van der Waals surface area contributed by atoms with Crippen LogP contribution >= 0.6 is 0 Å². The van der Waals surface area contributed by atoms with E-state index in [9.17, 15) is 4.79 Å². The highest BCUT2D eigenvalue weighted by atomic mass is 16.6. The monoisotopic (exact) mass is 310 g/mol. The summed E-state index contributed by atoms with van der Waals surface area (Å²) in [5.41, 5.74) is -0.399. The summed E-state index contributed by atoms with van der Waals surface area (Å²) in [5, 5.41) is 3.58. The molecule has 2 aliphatic carbocycles. The molecule has 0 aromatic heterocycles. The molecule has 2 aliphatic rings. The van der Waals surface area contributed by atoms with Gasteiger partial charge in [-0.3, -0.25) is 0 Å². The van der Waals surface area contributed by atoms with Gasteiger partial charge in [0.15, 0.2) is 0 Å². The van der Waals surface area contributed by atoms with Gasteiger partial charge in [0.2, 0.25) is 0 Å². The predicted molar refractivity (Wildman–Crippen MR) is 90.0 cm³/mol. The maximum Gasteiger partial charge on any atom is 0.410 e. The number of hydrogen-bond acceptors (Lipinski definition) is 3. The first-order valence-electron chi connectivity index (χ1n) is 9.16. The normalized spacial score (nSPS) is 20.0. The lowest BCUT2D eigenvalue weighted by Gasteiger charge is -2.27. The van der Waals surface area contributed by atoms with E-state index >= 15 is 0 Å². The first-order chi connectivity index (χ1) is 10.5. The SMILES string of the molecule is CC(C)(C)OC(=O)N(CCCNCC1CCCCC1)C1CC1. The number of carbonyl (C=O) groups excluding carboxylic acids is 1. The molecule has 4 heteroatoms. The van der Waals surface area contributed by atoms with Crippen LogP contribution in [0.1, 0.15) is 72.1 Å². The predicted octanol–water partition coefficient (Wildman–Crippen LogP) is 3.95. The van der Waals surface area contributed by atoms with E-state index in [2.05, 4.69) is 5.32 Å². The Bertz CT molecular complexity index is 341. The van der Waals surface area contributed by atoms with Crippen molar-refractivity contribution in [1.82, 2.24) is 10.2 Å². The highest BCUT2D eigenvalue weighted by Crippen LogP contribution is 2.28. The van der Waals surface area contributed by atoms with Crippen LogP contribution in [0.15, 0.2) is 0 Å². The van der Waals surface area contributed by atoms with Crippen molar-refractivity contribution in [3.63, 3.8) is 0 Å². The van der Waals surface area contributed by atoms with Gasteiger partial charge >= 0.3 is 6.09 Å². The third-order valence-electron chi connectivity index (χ3n) is 4.53. The maximum absolute atomic E-state index is 12.2. The van der Waals surface area contributed by atoms with E-state index in [0.29, 0.717) is 6.04 Å². The van der Waals surface area contributed by atoms with Gasteiger partial charge < -0.3 is 15.0 Å². The molecule has 1 N–H and O–H groups in total. The smallest absolute Gasteiger partial charge is 0.410 e. The van der Waals surface area contributed by atoms with E-state index in [1.165, 1.54) is 32.1 Å². The zero-order valence-electron chi connectivity index (χ0n) is 14.7. The fourth-order valence-electron chi connectivity index (χ4n) is 3.20. The van der Waals surface area contributed by atoms with Crippen LogP contribution in [-0.2, 0) is 4.74 Å². The van der Waals surface area contributed by atoms with E-state index in [1.807, 2.05) is 25.7 Å². The molecule has 0 aromatic rings. The molecule has 0 unspecified atom stereocenters. The second-order valence-electron chi connectivity index (χ2n) is 7.97. The Hall–Kier alpha value is -0.770. The van der Waals surface area contributed by atoms with Gasteiger partial charge in [0, 0.05) is 12.6 Å². The standard InChI is InChI=1S/C18H34N2O2/c1-18(2,3)22-17(21)20(16-10-11-16)13-7-12-19-14-15-8-5-4-6-9-15/h15-16,19H,4-14H2,1-3H3. The first kappa shape index (κ1) is 17.6. The van der Waals surface area contributed by atoms with Crippen LogP contribution in [0.4, 0.5) is 4.79 Å². The Morgan fingerprint density at radius 1 is 1.14 bits per heavy atom. The van der Waals surface area contributed by atoms with Gasteiger partial charge in [-0.25, -0.2) is 4.79 Å². The third kappa shape index (κ3) is 6.55. The zero-order valence-corrected chi connectivity index (χ0v) is 14.7. The Kier molecular flexibility index (Phi) is 6.54. The molecule has 0 saturated heterocycles. The summed E-state index contributed by atoms with van der Waals surface area (Å²) in [6.07, 6.45) is 10.1. The van der Waals surface area contributed by atoms with Crippen molar-refractivity contribution >= 4 is 6.09 Å². The first-order valence-corrected chi connectivity index (χ1v) is 9.16. The average Bonchev–Trinajstić information content (AvgIpc) is 3.26. The molecule has 0 heterocycles. The summed E-state index contributed by atoms with van der Waals surface area (Å²) in [4.78, 5) is 14.2. The van der Waals surface area contributed by atoms with E-state index in [4.69, 9.17) is 4.74 Å². The van der Waals surface area contributed by atoms with Gasteiger partial charge in [0.25, 0.3) is 0 Å². The van der Waals surface area contributed by atoms with Crippen LogP contribution in [0.5, 0.6) is 0 Å². The minimum absolute atomic E-state index is 0.137. The molecule has 2 fully saturated rings. The van der Waals surface area contributed by atoms with Crippen molar-refractivity contribution in [3.05, 3.63) is 0 Å². The minimum Gasteiger partial charge on any atom is -0.444 e. The Balaban J connectivity index is 1.61. The summed E-state index contributed by atoms with van der Waals surface area (Å²) in [5.74, 6) is 0.874. The molecule has 0 spiro atoms. The van der Waals surface area contributed by atoms with E-state index in [0.717, 1.165) is 44.8 Å². The molecule has 0 aromatic carbocycles. The Labute approximate surface area is 136 Å². The Morgan fingerprint density at radius 3 is 2.41 bits per heavy atom. The van der Waals surface area contributed by atoms with E-state index in [1.54, 1.807) is 0 Å². The molecule has 2 rings (SSSR count). The number of hydrogen-bond donors (Lipinski definition) is 1. The van der Waals surface area contributed by atoms with Gasteiger partial charge in [-0.05, 0) is 71.9 Å². The number of rotatable bonds is 7. The highest BCUT2D eigenvalue weighted by Gasteiger charge is 2.34. The highest BCUT2D eigenvalue weighted by molar-refractivity contribution is 5.69. The van der Waals surface area contributed by atoms with Crippen molar-refractivity contribution in [2.75, 3.05) is 19.6 Å². The summed E-state index contributed by atoms with van der Waals surface area (Å²) in [6.45, 7) is 8.76. The third-order valence-corrected chi connectivity index (χ3v) is 4.53. The van der Waals surface area contributed by atoms with Crippen molar-refractivity contribution in [2.45, 2.75) is 83.8 Å². The largest absolute Gasteiger partial charge is 0.444 e. The molecule has 22 heavy (non-hydrogen) atoms. The number of ether oxygens (including phenoxy) is 1. The van der Waals surface area contributed by atoms with Gasteiger partial charge in [-0.2, -0.15) is 0 Å². The van der Waals surface area contributed by atoms with Crippen molar-refractivity contribution in [3.8, 4) is 0 Å². The van der Waals surface area contributed by atoms with Gasteiger partial charge in [-0.15, -0.1) is 0 Å². The molecule has 0 atom stereocenters. The molecule has 0 radical (unpaired) electrons. The lowest BCUT2D eigenvalue weighted by atomic mass is 9.89. The van der Waals surface area contributed by atoms with E-state index in [-0.39, 0.29) is 6.09 Å². The minimum atomic E-state index is -0.399. The molecule has 0 aliphatic heterocycles. The summed E-state index contributed by atoms with van der Waals surface area (Å²) in [7, 11) is 0. The van der Waals surface area contributed by atoms with Crippen LogP contribution in [0.3, 0.4) is 0 Å². The van der Waals surface area contributed by atoms with Gasteiger partial charge in [0.1, 0.15) is 5.60 Å². The van der Waals surface area contributed by atoms with Crippen LogP contribution in [0.25, 0.3) is 0 Å². The zero-order chi connectivity index (χ0) is 16.0. The van der Waals surface area contributed by atoms with E-state index < -0.39 is 5.60 Å². The second kappa shape index (κ2) is 8.19. The molecule has 1 amide bonds. The summed E-state index contributed by atoms with van der Waals surface area (Å²) in [6, 6.07) is 0.424. The van der Waals surface area contributed by atoms with Crippen molar-refractivity contribution in [1.29, 1.82) is 0 Å². The number of nitrogens with zero attached hydrogens (tertiary/aromatic N) is 1. The van der Waals surface area contributed by atoms with Crippen molar-refractivity contribution in [2.24, 2.45) is 5.92 Å².